The fourth-order valence-corrected chi connectivity index (χ4v) is 6.07. The van der Waals surface area contributed by atoms with Crippen molar-refractivity contribution < 1.29 is 54.1 Å². The Morgan fingerprint density at radius 3 is 2.45 bits per heavy atom. The van der Waals surface area contributed by atoms with Gasteiger partial charge in [0.15, 0.2) is 17.9 Å². The summed E-state index contributed by atoms with van der Waals surface area (Å²) in [6.45, 7) is -0.0636. The zero-order valence-electron chi connectivity index (χ0n) is 21.9. The van der Waals surface area contributed by atoms with Crippen molar-refractivity contribution in [2.45, 2.75) is 56.8 Å². The molecule has 0 saturated carbocycles. The van der Waals surface area contributed by atoms with Gasteiger partial charge in [-0.25, -0.2) is 0 Å². The SMILES string of the molecule is COc1cccc2c1C(=O)c1c(O)c3c(c(O)c1C2=O)CC(CO)(C(=O)CO)CC3OC1CC(N)C(O)C(C)O1. The van der Waals surface area contributed by atoms with E-state index in [4.69, 9.17) is 19.9 Å². The smallest absolute Gasteiger partial charge is 0.202 e. The van der Waals surface area contributed by atoms with Crippen LogP contribution in [0.1, 0.15) is 68.8 Å². The van der Waals surface area contributed by atoms with Crippen LogP contribution in [0.25, 0.3) is 0 Å². The van der Waals surface area contributed by atoms with Gasteiger partial charge in [0.05, 0.1) is 54.1 Å². The monoisotopic (exact) mass is 557 g/mol. The number of fused-ring (bicyclic) bond motifs is 3. The quantitative estimate of drug-likeness (QED) is 0.226. The molecule has 2 aromatic rings. The molecule has 1 heterocycles. The number of hydrogen-bond acceptors (Lipinski definition) is 12. The number of benzene rings is 2. The highest BCUT2D eigenvalue weighted by molar-refractivity contribution is 6.31. The van der Waals surface area contributed by atoms with Gasteiger partial charge >= 0.3 is 0 Å². The average molecular weight is 558 g/mol. The number of phenols is 2. The minimum atomic E-state index is -1.64. The standard InChI is InChI=1S/C28H31NO11/c1-11-23(33)14(29)6-18(39-11)40-16-8-28(10-31,17(32)9-30)7-13-20(16)27(37)22-21(25(13)35)24(34)12-4-3-5-15(38-2)19(12)26(22)36/h3-5,11,14,16,18,23,30-31,33,35,37H,6-10,29H2,1-2H3. The Labute approximate surface area is 228 Å². The predicted octanol–water partition coefficient (Wildman–Crippen LogP) is 0.249. The van der Waals surface area contributed by atoms with Crippen LogP contribution in [0, 0.1) is 5.41 Å². The molecule has 7 N–H and O–H groups in total. The van der Waals surface area contributed by atoms with Gasteiger partial charge in [0.2, 0.25) is 5.78 Å². The number of carbonyl (C=O) groups excluding carboxylic acids is 3. The minimum Gasteiger partial charge on any atom is -0.507 e. The van der Waals surface area contributed by atoms with Gasteiger partial charge in [-0.1, -0.05) is 12.1 Å². The van der Waals surface area contributed by atoms with Gasteiger partial charge in [-0.15, -0.1) is 0 Å². The highest BCUT2D eigenvalue weighted by atomic mass is 16.7. The van der Waals surface area contributed by atoms with Crippen LogP contribution in [-0.4, -0.2) is 87.7 Å². The minimum absolute atomic E-state index is 0.0351. The molecule has 3 aliphatic rings. The van der Waals surface area contributed by atoms with Crippen LogP contribution in [0.3, 0.4) is 0 Å². The number of Topliss-reactive ketones (excluding diaryl/α,β-unsaturated/α-hetero) is 1. The maximum Gasteiger partial charge on any atom is 0.202 e. The number of aliphatic hydroxyl groups excluding tert-OH is 3. The lowest BCUT2D eigenvalue weighted by atomic mass is 9.66. The van der Waals surface area contributed by atoms with Crippen LogP contribution in [0.5, 0.6) is 17.2 Å². The molecular weight excluding hydrogens is 526 g/mol. The second-order valence-corrected chi connectivity index (χ2v) is 10.6. The van der Waals surface area contributed by atoms with Crippen molar-refractivity contribution in [3.05, 3.63) is 51.6 Å². The second-order valence-electron chi connectivity index (χ2n) is 10.6. The van der Waals surface area contributed by atoms with Gasteiger partial charge in [-0.2, -0.15) is 0 Å². The predicted molar refractivity (Wildman–Crippen MR) is 136 cm³/mol. The number of carbonyl (C=O) groups is 3. The molecule has 1 saturated heterocycles. The first-order valence-electron chi connectivity index (χ1n) is 12.9. The molecule has 40 heavy (non-hydrogen) atoms. The lowest BCUT2D eigenvalue weighted by Crippen LogP contribution is -2.52. The summed E-state index contributed by atoms with van der Waals surface area (Å²) >= 11 is 0. The molecule has 12 nitrogen and oxygen atoms in total. The molecule has 0 spiro atoms. The van der Waals surface area contributed by atoms with Crippen molar-refractivity contribution in [1.82, 2.24) is 0 Å². The molecule has 6 atom stereocenters. The number of nitrogens with two attached hydrogens (primary N) is 1. The fourth-order valence-electron chi connectivity index (χ4n) is 6.07. The third-order valence-corrected chi connectivity index (χ3v) is 8.28. The van der Waals surface area contributed by atoms with E-state index in [-0.39, 0.29) is 47.3 Å². The summed E-state index contributed by atoms with van der Waals surface area (Å²) in [6.07, 6.45) is -4.52. The Hall–Kier alpha value is -3.39. The highest BCUT2D eigenvalue weighted by Gasteiger charge is 2.50. The molecule has 2 aliphatic carbocycles. The summed E-state index contributed by atoms with van der Waals surface area (Å²) in [6, 6.07) is 3.68. The van der Waals surface area contributed by atoms with E-state index in [2.05, 4.69) is 0 Å². The first-order chi connectivity index (χ1) is 19.0. The number of phenolic OH excluding ortho intramolecular Hbond substituents is 2. The van der Waals surface area contributed by atoms with Gasteiger partial charge < -0.3 is 45.5 Å². The zero-order valence-corrected chi connectivity index (χ0v) is 21.9. The van der Waals surface area contributed by atoms with Crippen molar-refractivity contribution in [2.75, 3.05) is 20.3 Å². The molecule has 0 bridgehead atoms. The summed E-state index contributed by atoms with van der Waals surface area (Å²) in [5, 5.41) is 53.2. The van der Waals surface area contributed by atoms with E-state index >= 15 is 0 Å². The Bertz CT molecular complexity index is 1390. The summed E-state index contributed by atoms with van der Waals surface area (Å²) < 4.78 is 17.2. The summed E-state index contributed by atoms with van der Waals surface area (Å²) in [4.78, 5) is 40.2. The summed E-state index contributed by atoms with van der Waals surface area (Å²) in [5.41, 5.74) is 3.26. The van der Waals surface area contributed by atoms with Crippen molar-refractivity contribution >= 4 is 17.3 Å². The van der Waals surface area contributed by atoms with E-state index in [9.17, 15) is 39.9 Å². The van der Waals surface area contributed by atoms with Crippen LogP contribution in [0.2, 0.25) is 0 Å². The molecule has 5 rings (SSSR count). The van der Waals surface area contributed by atoms with Gasteiger partial charge in [-0.05, 0) is 25.8 Å². The van der Waals surface area contributed by atoms with Crippen molar-refractivity contribution in [2.24, 2.45) is 11.1 Å². The van der Waals surface area contributed by atoms with Crippen LogP contribution < -0.4 is 10.5 Å². The maximum atomic E-state index is 13.7. The molecule has 0 amide bonds. The average Bonchev–Trinajstić information content (AvgIpc) is 2.94. The number of ether oxygens (including phenoxy) is 3. The summed E-state index contributed by atoms with van der Waals surface area (Å²) in [7, 11) is 1.33. The van der Waals surface area contributed by atoms with Crippen LogP contribution in [-0.2, 0) is 20.7 Å². The number of rotatable bonds is 6. The molecule has 0 aromatic heterocycles. The number of aliphatic hydroxyl groups is 3. The van der Waals surface area contributed by atoms with E-state index in [0.717, 1.165) is 0 Å². The third-order valence-electron chi connectivity index (χ3n) is 8.28. The number of methoxy groups -OCH3 is 1. The first kappa shape index (κ1) is 28.1. The number of ketones is 3. The lowest BCUT2D eigenvalue weighted by Gasteiger charge is -2.43. The van der Waals surface area contributed by atoms with Crippen LogP contribution in [0.15, 0.2) is 18.2 Å². The Morgan fingerprint density at radius 2 is 1.82 bits per heavy atom. The molecule has 2 aromatic carbocycles. The third kappa shape index (κ3) is 4.10. The van der Waals surface area contributed by atoms with Crippen molar-refractivity contribution in [1.29, 1.82) is 0 Å². The van der Waals surface area contributed by atoms with Gasteiger partial charge in [0, 0.05) is 29.2 Å². The molecule has 12 heteroatoms. The molecule has 1 aliphatic heterocycles. The normalized spacial score (nSPS) is 29.4. The second kappa shape index (κ2) is 10.2. The topological polar surface area (TPSA) is 206 Å². The number of aromatic hydroxyl groups is 2. The summed E-state index contributed by atoms with van der Waals surface area (Å²) in [5.74, 6) is -3.40. The maximum absolute atomic E-state index is 13.7. The molecule has 0 radical (unpaired) electrons. The van der Waals surface area contributed by atoms with E-state index in [0.29, 0.717) is 0 Å². The van der Waals surface area contributed by atoms with Crippen molar-refractivity contribution in [3.8, 4) is 17.2 Å². The van der Waals surface area contributed by atoms with E-state index < -0.39 is 89.2 Å². The fraction of sp³-hybridized carbons (Fsp3) is 0.464. The van der Waals surface area contributed by atoms with E-state index in [1.54, 1.807) is 6.92 Å². The van der Waals surface area contributed by atoms with Crippen LogP contribution in [0.4, 0.5) is 0 Å². The lowest BCUT2D eigenvalue weighted by molar-refractivity contribution is -0.246. The van der Waals surface area contributed by atoms with E-state index in [1.165, 1.54) is 25.3 Å². The Kier molecular flexibility index (Phi) is 7.19. The molecular formula is C28H31NO11. The van der Waals surface area contributed by atoms with Gasteiger partial charge in [0.25, 0.3) is 0 Å². The largest absolute Gasteiger partial charge is 0.507 e. The van der Waals surface area contributed by atoms with Crippen LogP contribution >= 0.6 is 0 Å². The zero-order chi connectivity index (χ0) is 29.1. The highest BCUT2D eigenvalue weighted by Crippen LogP contribution is 2.54. The Morgan fingerprint density at radius 1 is 1.12 bits per heavy atom. The van der Waals surface area contributed by atoms with Crippen molar-refractivity contribution in [3.63, 3.8) is 0 Å². The van der Waals surface area contributed by atoms with Gasteiger partial charge in [0.1, 0.15) is 23.9 Å². The molecule has 1 fully saturated rings. The Balaban J connectivity index is 1.70. The first-order valence-corrected chi connectivity index (χ1v) is 12.9. The van der Waals surface area contributed by atoms with E-state index in [1.807, 2.05) is 0 Å². The molecule has 214 valence electrons. The molecule has 6 unspecified atom stereocenters. The number of hydrogen-bond donors (Lipinski definition) is 6. The van der Waals surface area contributed by atoms with Gasteiger partial charge in [-0.3, -0.25) is 14.4 Å².